The maximum Gasteiger partial charge on any atom is 0.0534 e. The third-order valence-corrected chi connectivity index (χ3v) is 5.14. The Morgan fingerprint density at radius 3 is 2.80 bits per heavy atom. The fourth-order valence-corrected chi connectivity index (χ4v) is 3.56. The van der Waals surface area contributed by atoms with Crippen molar-refractivity contribution < 1.29 is 0 Å². The Morgan fingerprint density at radius 1 is 1.40 bits per heavy atom. The van der Waals surface area contributed by atoms with E-state index in [9.17, 15) is 0 Å². The second-order valence-electron chi connectivity index (χ2n) is 6.74. The zero-order chi connectivity index (χ0) is 14.2. The molecule has 1 N–H and O–H groups in total. The quantitative estimate of drug-likeness (QED) is 0.895. The Kier molecular flexibility index (Phi) is 3.87. The van der Waals surface area contributed by atoms with Crippen molar-refractivity contribution in [3.8, 4) is 0 Å². The van der Waals surface area contributed by atoms with Crippen LogP contribution in [-0.4, -0.2) is 39.4 Å². The van der Waals surface area contributed by atoms with E-state index in [0.717, 1.165) is 25.6 Å². The standard InChI is InChI=1S/C16H28N4/c1-4-15-9-17-16(3,14-6-7-14)12-19(15)10-13-8-18-20(5-2)11-13/h8,11,14-15,17H,4-7,9-10,12H2,1-3H3. The third-order valence-electron chi connectivity index (χ3n) is 5.14. The summed E-state index contributed by atoms with van der Waals surface area (Å²) in [7, 11) is 0. The van der Waals surface area contributed by atoms with Crippen molar-refractivity contribution in [2.45, 2.75) is 64.7 Å². The molecule has 1 aromatic heterocycles. The number of nitrogens with zero attached hydrogens (tertiary/aromatic N) is 3. The first kappa shape index (κ1) is 14.1. The van der Waals surface area contributed by atoms with E-state index in [1.807, 2.05) is 10.9 Å². The topological polar surface area (TPSA) is 33.1 Å². The van der Waals surface area contributed by atoms with E-state index in [2.05, 4.69) is 42.3 Å². The predicted octanol–water partition coefficient (Wildman–Crippen LogP) is 2.26. The van der Waals surface area contributed by atoms with Gasteiger partial charge in [-0.2, -0.15) is 5.10 Å². The molecule has 112 valence electrons. The van der Waals surface area contributed by atoms with Crippen LogP contribution in [0.1, 0.15) is 45.6 Å². The van der Waals surface area contributed by atoms with Crippen LogP contribution in [0.25, 0.3) is 0 Å². The molecule has 1 aromatic rings. The van der Waals surface area contributed by atoms with E-state index in [0.29, 0.717) is 11.6 Å². The fraction of sp³-hybridized carbons (Fsp3) is 0.812. The summed E-state index contributed by atoms with van der Waals surface area (Å²) in [4.78, 5) is 2.67. The number of rotatable bonds is 5. The SMILES string of the molecule is CCC1CNC(C)(C2CC2)CN1Cc1cnn(CC)c1. The number of hydrogen-bond acceptors (Lipinski definition) is 3. The van der Waals surface area contributed by atoms with Gasteiger partial charge in [0.1, 0.15) is 0 Å². The molecule has 2 unspecified atom stereocenters. The summed E-state index contributed by atoms with van der Waals surface area (Å²) in [6.45, 7) is 11.2. The van der Waals surface area contributed by atoms with Crippen molar-refractivity contribution in [2.75, 3.05) is 13.1 Å². The fourth-order valence-electron chi connectivity index (χ4n) is 3.56. The molecule has 4 heteroatoms. The van der Waals surface area contributed by atoms with Gasteiger partial charge in [0.05, 0.1) is 6.20 Å². The van der Waals surface area contributed by atoms with Gasteiger partial charge in [-0.3, -0.25) is 9.58 Å². The van der Waals surface area contributed by atoms with Gasteiger partial charge in [0.2, 0.25) is 0 Å². The van der Waals surface area contributed by atoms with Gasteiger partial charge in [0, 0.05) is 49.5 Å². The first-order valence-electron chi connectivity index (χ1n) is 8.15. The Bertz CT molecular complexity index is 451. The van der Waals surface area contributed by atoms with E-state index < -0.39 is 0 Å². The first-order chi connectivity index (χ1) is 9.64. The van der Waals surface area contributed by atoms with Gasteiger partial charge in [-0.15, -0.1) is 0 Å². The molecule has 0 aromatic carbocycles. The Hall–Kier alpha value is -0.870. The minimum Gasteiger partial charge on any atom is -0.308 e. The molecule has 2 aliphatic rings. The summed E-state index contributed by atoms with van der Waals surface area (Å²) in [5.41, 5.74) is 1.68. The maximum absolute atomic E-state index is 4.41. The van der Waals surface area contributed by atoms with Crippen molar-refractivity contribution in [3.63, 3.8) is 0 Å². The molecule has 1 saturated heterocycles. The highest BCUT2D eigenvalue weighted by atomic mass is 15.3. The number of hydrogen-bond donors (Lipinski definition) is 1. The summed E-state index contributed by atoms with van der Waals surface area (Å²) in [6.07, 6.45) is 8.26. The van der Waals surface area contributed by atoms with Crippen LogP contribution >= 0.6 is 0 Å². The molecule has 2 fully saturated rings. The van der Waals surface area contributed by atoms with E-state index in [1.165, 1.54) is 31.4 Å². The molecule has 0 spiro atoms. The number of aryl methyl sites for hydroxylation is 1. The minimum absolute atomic E-state index is 0.326. The van der Waals surface area contributed by atoms with Crippen LogP contribution in [-0.2, 0) is 13.1 Å². The van der Waals surface area contributed by atoms with Gasteiger partial charge >= 0.3 is 0 Å². The van der Waals surface area contributed by atoms with Crippen molar-refractivity contribution in [2.24, 2.45) is 5.92 Å². The molecule has 3 rings (SSSR count). The van der Waals surface area contributed by atoms with E-state index in [1.54, 1.807) is 0 Å². The van der Waals surface area contributed by atoms with E-state index >= 15 is 0 Å². The summed E-state index contributed by atoms with van der Waals surface area (Å²) >= 11 is 0. The largest absolute Gasteiger partial charge is 0.308 e. The summed E-state index contributed by atoms with van der Waals surface area (Å²) in [5, 5.41) is 8.24. The van der Waals surface area contributed by atoms with Crippen molar-refractivity contribution >= 4 is 0 Å². The lowest BCUT2D eigenvalue weighted by Crippen LogP contribution is -2.63. The summed E-state index contributed by atoms with van der Waals surface area (Å²) in [5.74, 6) is 0.890. The lowest BCUT2D eigenvalue weighted by atomic mass is 9.90. The Morgan fingerprint density at radius 2 is 2.20 bits per heavy atom. The second-order valence-corrected chi connectivity index (χ2v) is 6.74. The molecule has 0 radical (unpaired) electrons. The Labute approximate surface area is 122 Å². The van der Waals surface area contributed by atoms with Crippen LogP contribution < -0.4 is 5.32 Å². The van der Waals surface area contributed by atoms with Crippen LogP contribution in [0.5, 0.6) is 0 Å². The van der Waals surface area contributed by atoms with Crippen LogP contribution in [0.3, 0.4) is 0 Å². The average Bonchev–Trinajstić information content (AvgIpc) is 3.21. The summed E-state index contributed by atoms with van der Waals surface area (Å²) in [6, 6.07) is 0.659. The molecular formula is C16H28N4. The first-order valence-corrected chi connectivity index (χ1v) is 8.15. The van der Waals surface area contributed by atoms with Crippen molar-refractivity contribution in [1.82, 2.24) is 20.0 Å². The van der Waals surface area contributed by atoms with Crippen LogP contribution in [0.2, 0.25) is 0 Å². The van der Waals surface area contributed by atoms with Crippen molar-refractivity contribution in [1.29, 1.82) is 0 Å². The lowest BCUT2D eigenvalue weighted by Gasteiger charge is -2.46. The number of aromatic nitrogens is 2. The molecule has 20 heavy (non-hydrogen) atoms. The lowest BCUT2D eigenvalue weighted by molar-refractivity contribution is 0.0666. The van der Waals surface area contributed by atoms with Gasteiger partial charge in [-0.1, -0.05) is 6.92 Å². The van der Waals surface area contributed by atoms with Gasteiger partial charge in [-0.25, -0.2) is 0 Å². The van der Waals surface area contributed by atoms with Gasteiger partial charge < -0.3 is 5.32 Å². The molecular weight excluding hydrogens is 248 g/mol. The number of piperazine rings is 1. The molecule has 1 aliphatic carbocycles. The van der Waals surface area contributed by atoms with Crippen LogP contribution in [0.4, 0.5) is 0 Å². The molecule has 0 amide bonds. The Balaban J connectivity index is 1.70. The number of nitrogens with one attached hydrogen (secondary N) is 1. The smallest absolute Gasteiger partial charge is 0.0534 e. The molecule has 0 bridgehead atoms. The highest BCUT2D eigenvalue weighted by molar-refractivity contribution is 5.08. The normalized spacial score (nSPS) is 31.6. The highest BCUT2D eigenvalue weighted by Crippen LogP contribution is 2.41. The molecule has 1 aliphatic heterocycles. The molecule has 2 heterocycles. The average molecular weight is 276 g/mol. The van der Waals surface area contributed by atoms with Gasteiger partial charge in [0.15, 0.2) is 0 Å². The van der Waals surface area contributed by atoms with Gasteiger partial charge in [-0.05, 0) is 39.0 Å². The third kappa shape index (κ3) is 2.77. The second kappa shape index (κ2) is 5.49. The van der Waals surface area contributed by atoms with E-state index in [4.69, 9.17) is 0 Å². The molecule has 1 saturated carbocycles. The van der Waals surface area contributed by atoms with Crippen LogP contribution in [0, 0.1) is 5.92 Å². The predicted molar refractivity (Wildman–Crippen MR) is 81.5 cm³/mol. The zero-order valence-electron chi connectivity index (χ0n) is 13.1. The van der Waals surface area contributed by atoms with Crippen LogP contribution in [0.15, 0.2) is 12.4 Å². The minimum atomic E-state index is 0.326. The summed E-state index contributed by atoms with van der Waals surface area (Å²) < 4.78 is 2.03. The zero-order valence-corrected chi connectivity index (χ0v) is 13.1. The molecule has 2 atom stereocenters. The molecule has 4 nitrogen and oxygen atoms in total. The van der Waals surface area contributed by atoms with E-state index in [-0.39, 0.29) is 0 Å². The maximum atomic E-state index is 4.41. The van der Waals surface area contributed by atoms with Gasteiger partial charge in [0.25, 0.3) is 0 Å². The monoisotopic (exact) mass is 276 g/mol. The highest BCUT2D eigenvalue weighted by Gasteiger charge is 2.45. The van der Waals surface area contributed by atoms with Crippen molar-refractivity contribution in [3.05, 3.63) is 18.0 Å².